The first-order chi connectivity index (χ1) is 8.83. The number of nitrogens with one attached hydrogen (secondary N) is 1. The molecule has 1 aliphatic heterocycles. The molecular formula is C14H15FN2O. The SMILES string of the molecule is Fc1cc2cnccc2cc1OC1CCNCC1. The number of fused-ring (bicyclic) bond motifs is 1. The average Bonchev–Trinajstić information content (AvgIpc) is 2.41. The Morgan fingerprint density at radius 3 is 2.89 bits per heavy atom. The molecule has 1 aliphatic rings. The molecule has 0 unspecified atom stereocenters. The maximum atomic E-state index is 13.9. The molecule has 1 N–H and O–H groups in total. The predicted octanol–water partition coefficient (Wildman–Crippen LogP) is 2.50. The molecule has 0 spiro atoms. The largest absolute Gasteiger partial charge is 0.487 e. The normalized spacial score (nSPS) is 16.9. The Morgan fingerprint density at radius 2 is 2.06 bits per heavy atom. The zero-order valence-electron chi connectivity index (χ0n) is 10.0. The maximum absolute atomic E-state index is 13.9. The van der Waals surface area contributed by atoms with Crippen LogP contribution in [0.2, 0.25) is 0 Å². The zero-order chi connectivity index (χ0) is 12.4. The van der Waals surface area contributed by atoms with Gasteiger partial charge < -0.3 is 10.1 Å². The van der Waals surface area contributed by atoms with Crippen molar-refractivity contribution in [3.8, 4) is 5.75 Å². The standard InChI is InChI=1S/C14H15FN2O/c15-13-7-11-9-17-4-1-10(11)8-14(13)18-12-2-5-16-6-3-12/h1,4,7-9,12,16H,2-3,5-6H2. The van der Waals surface area contributed by atoms with E-state index in [0.29, 0.717) is 5.75 Å². The minimum absolute atomic E-state index is 0.111. The third-order valence-corrected chi connectivity index (χ3v) is 3.27. The summed E-state index contributed by atoms with van der Waals surface area (Å²) in [6.45, 7) is 1.87. The van der Waals surface area contributed by atoms with Crippen LogP contribution in [0, 0.1) is 5.82 Å². The lowest BCUT2D eigenvalue weighted by Gasteiger charge is -2.24. The second kappa shape index (κ2) is 4.90. The summed E-state index contributed by atoms with van der Waals surface area (Å²) in [5.41, 5.74) is 0. The minimum atomic E-state index is -0.311. The number of ether oxygens (including phenoxy) is 1. The highest BCUT2D eigenvalue weighted by Gasteiger charge is 2.16. The molecule has 0 atom stereocenters. The highest BCUT2D eigenvalue weighted by molar-refractivity contribution is 5.83. The number of nitrogens with zero attached hydrogens (tertiary/aromatic N) is 1. The molecule has 2 aromatic rings. The van der Waals surface area contributed by atoms with Gasteiger partial charge in [0.2, 0.25) is 0 Å². The number of pyridine rings is 1. The van der Waals surface area contributed by atoms with E-state index in [9.17, 15) is 4.39 Å². The molecule has 4 heteroatoms. The second-order valence-electron chi connectivity index (χ2n) is 4.57. The Hall–Kier alpha value is -1.68. The summed E-state index contributed by atoms with van der Waals surface area (Å²) in [6.07, 6.45) is 5.32. The number of hydrogen-bond donors (Lipinski definition) is 1. The van der Waals surface area contributed by atoms with E-state index in [2.05, 4.69) is 10.3 Å². The average molecular weight is 246 g/mol. The molecule has 1 aromatic carbocycles. The van der Waals surface area contributed by atoms with Gasteiger partial charge in [0.1, 0.15) is 6.10 Å². The second-order valence-corrected chi connectivity index (χ2v) is 4.57. The molecule has 18 heavy (non-hydrogen) atoms. The van der Waals surface area contributed by atoms with Crippen molar-refractivity contribution in [2.45, 2.75) is 18.9 Å². The first kappa shape index (κ1) is 11.4. The summed E-state index contributed by atoms with van der Waals surface area (Å²) >= 11 is 0. The molecule has 1 aromatic heterocycles. The molecule has 0 radical (unpaired) electrons. The molecule has 1 saturated heterocycles. The Kier molecular flexibility index (Phi) is 3.11. The van der Waals surface area contributed by atoms with Gasteiger partial charge in [-0.05, 0) is 49.5 Å². The van der Waals surface area contributed by atoms with E-state index in [0.717, 1.165) is 36.7 Å². The molecule has 0 bridgehead atoms. The van der Waals surface area contributed by atoms with Crippen molar-refractivity contribution in [3.63, 3.8) is 0 Å². The van der Waals surface area contributed by atoms with Crippen LogP contribution in [0.1, 0.15) is 12.8 Å². The van der Waals surface area contributed by atoms with Gasteiger partial charge in [0.15, 0.2) is 11.6 Å². The smallest absolute Gasteiger partial charge is 0.165 e. The molecule has 1 fully saturated rings. The van der Waals surface area contributed by atoms with Crippen molar-refractivity contribution in [1.82, 2.24) is 10.3 Å². The first-order valence-corrected chi connectivity index (χ1v) is 6.23. The lowest BCUT2D eigenvalue weighted by atomic mass is 10.1. The molecule has 3 rings (SSSR count). The summed E-state index contributed by atoms with van der Waals surface area (Å²) in [5, 5.41) is 5.02. The summed E-state index contributed by atoms with van der Waals surface area (Å²) in [5.74, 6) is 0.0367. The van der Waals surface area contributed by atoms with Crippen molar-refractivity contribution in [1.29, 1.82) is 0 Å². The van der Waals surface area contributed by atoms with Crippen molar-refractivity contribution < 1.29 is 9.13 Å². The molecule has 2 heterocycles. The summed E-state index contributed by atoms with van der Waals surface area (Å²) in [4.78, 5) is 3.98. The molecule has 0 saturated carbocycles. The van der Waals surface area contributed by atoms with E-state index in [1.165, 1.54) is 6.07 Å². The maximum Gasteiger partial charge on any atom is 0.165 e. The van der Waals surface area contributed by atoms with Gasteiger partial charge in [-0.2, -0.15) is 0 Å². The highest BCUT2D eigenvalue weighted by atomic mass is 19.1. The van der Waals surface area contributed by atoms with Crippen LogP contribution in [0.5, 0.6) is 5.75 Å². The molecule has 0 aliphatic carbocycles. The molecule has 94 valence electrons. The summed E-state index contributed by atoms with van der Waals surface area (Å²) < 4.78 is 19.7. The quantitative estimate of drug-likeness (QED) is 0.884. The van der Waals surface area contributed by atoms with Crippen LogP contribution in [0.3, 0.4) is 0 Å². The van der Waals surface area contributed by atoms with Gasteiger partial charge in [-0.25, -0.2) is 4.39 Å². The lowest BCUT2D eigenvalue weighted by molar-refractivity contribution is 0.156. The first-order valence-electron chi connectivity index (χ1n) is 6.23. The number of benzene rings is 1. The fourth-order valence-corrected chi connectivity index (χ4v) is 2.27. The van der Waals surface area contributed by atoms with Gasteiger partial charge in [-0.1, -0.05) is 0 Å². The Bertz CT molecular complexity index is 552. The summed E-state index contributed by atoms with van der Waals surface area (Å²) in [6, 6.07) is 5.11. The Morgan fingerprint density at radius 1 is 1.22 bits per heavy atom. The van der Waals surface area contributed by atoms with E-state index in [4.69, 9.17) is 4.74 Å². The van der Waals surface area contributed by atoms with Gasteiger partial charge in [0.25, 0.3) is 0 Å². The lowest BCUT2D eigenvalue weighted by Crippen LogP contribution is -2.34. The highest BCUT2D eigenvalue weighted by Crippen LogP contribution is 2.26. The third-order valence-electron chi connectivity index (χ3n) is 3.27. The van der Waals surface area contributed by atoms with Gasteiger partial charge in [-0.15, -0.1) is 0 Å². The Labute approximate surface area is 105 Å². The van der Waals surface area contributed by atoms with E-state index in [1.54, 1.807) is 18.5 Å². The van der Waals surface area contributed by atoms with Crippen LogP contribution < -0.4 is 10.1 Å². The van der Waals surface area contributed by atoms with E-state index < -0.39 is 0 Å². The van der Waals surface area contributed by atoms with E-state index in [1.807, 2.05) is 6.07 Å². The number of piperidine rings is 1. The van der Waals surface area contributed by atoms with Crippen LogP contribution in [-0.2, 0) is 0 Å². The Balaban J connectivity index is 1.88. The predicted molar refractivity (Wildman–Crippen MR) is 68.2 cm³/mol. The van der Waals surface area contributed by atoms with Crippen molar-refractivity contribution in [2.24, 2.45) is 0 Å². The number of hydrogen-bond acceptors (Lipinski definition) is 3. The topological polar surface area (TPSA) is 34.1 Å². The van der Waals surface area contributed by atoms with Crippen molar-refractivity contribution >= 4 is 10.8 Å². The van der Waals surface area contributed by atoms with Crippen LogP contribution in [0.25, 0.3) is 10.8 Å². The number of rotatable bonds is 2. The van der Waals surface area contributed by atoms with Gasteiger partial charge in [-0.3, -0.25) is 4.98 Å². The molecule has 0 amide bonds. The van der Waals surface area contributed by atoms with Crippen LogP contribution >= 0.6 is 0 Å². The monoisotopic (exact) mass is 246 g/mol. The van der Waals surface area contributed by atoms with Crippen LogP contribution in [0.4, 0.5) is 4.39 Å². The summed E-state index contributed by atoms with van der Waals surface area (Å²) in [7, 11) is 0. The van der Waals surface area contributed by atoms with Gasteiger partial charge >= 0.3 is 0 Å². The van der Waals surface area contributed by atoms with E-state index >= 15 is 0 Å². The minimum Gasteiger partial charge on any atom is -0.487 e. The number of halogens is 1. The number of aromatic nitrogens is 1. The zero-order valence-corrected chi connectivity index (χ0v) is 10.0. The van der Waals surface area contributed by atoms with Gasteiger partial charge in [0, 0.05) is 17.8 Å². The van der Waals surface area contributed by atoms with E-state index in [-0.39, 0.29) is 11.9 Å². The molecular weight excluding hydrogens is 231 g/mol. The molecule has 3 nitrogen and oxygen atoms in total. The van der Waals surface area contributed by atoms with Crippen molar-refractivity contribution in [2.75, 3.05) is 13.1 Å². The van der Waals surface area contributed by atoms with Crippen LogP contribution in [-0.4, -0.2) is 24.2 Å². The van der Waals surface area contributed by atoms with Crippen LogP contribution in [0.15, 0.2) is 30.6 Å². The fourth-order valence-electron chi connectivity index (χ4n) is 2.27. The van der Waals surface area contributed by atoms with Crippen molar-refractivity contribution in [3.05, 3.63) is 36.4 Å². The third kappa shape index (κ3) is 2.29. The fraction of sp³-hybridized carbons (Fsp3) is 0.357. The van der Waals surface area contributed by atoms with Gasteiger partial charge in [0.05, 0.1) is 0 Å².